The van der Waals surface area contributed by atoms with Crippen LogP contribution in [-0.2, 0) is 19.1 Å². The highest BCUT2D eigenvalue weighted by Gasteiger charge is 2.29. The van der Waals surface area contributed by atoms with Crippen molar-refractivity contribution in [2.75, 3.05) is 6.61 Å². The molecule has 66 valence electrons. The fraction of sp³-hybridized carbons (Fsp3) is 0.500. The van der Waals surface area contributed by atoms with Gasteiger partial charge in [0.15, 0.2) is 17.6 Å². The maximum atomic E-state index is 10.8. The van der Waals surface area contributed by atoms with Crippen LogP contribution in [0.25, 0.3) is 0 Å². The molecule has 0 saturated carbocycles. The third-order valence-electron chi connectivity index (χ3n) is 1.56. The second kappa shape index (κ2) is 3.38. The van der Waals surface area contributed by atoms with E-state index in [2.05, 4.69) is 11.3 Å². The maximum Gasteiger partial charge on any atom is 0.347 e. The molecule has 0 aromatic rings. The first kappa shape index (κ1) is 8.77. The second-order valence-corrected chi connectivity index (χ2v) is 2.54. The van der Waals surface area contributed by atoms with Crippen LogP contribution >= 0.6 is 0 Å². The third kappa shape index (κ3) is 1.84. The fourth-order valence-corrected chi connectivity index (χ4v) is 0.839. The van der Waals surface area contributed by atoms with E-state index in [4.69, 9.17) is 4.74 Å². The van der Waals surface area contributed by atoms with Gasteiger partial charge in [-0.1, -0.05) is 6.58 Å². The highest BCUT2D eigenvalue weighted by atomic mass is 16.6. The van der Waals surface area contributed by atoms with Crippen LogP contribution in [0.3, 0.4) is 0 Å². The van der Waals surface area contributed by atoms with Gasteiger partial charge in [-0.25, -0.2) is 4.79 Å². The molecule has 4 heteroatoms. The van der Waals surface area contributed by atoms with E-state index < -0.39 is 12.1 Å². The Morgan fingerprint density at radius 2 is 2.42 bits per heavy atom. The SMILES string of the molecule is C=C(OC1CCOC1=O)C(C)=O. The Balaban J connectivity index is 2.46. The summed E-state index contributed by atoms with van der Waals surface area (Å²) >= 11 is 0. The molecule has 0 aromatic carbocycles. The first-order chi connectivity index (χ1) is 5.61. The van der Waals surface area contributed by atoms with Gasteiger partial charge in [0.2, 0.25) is 0 Å². The molecule has 1 aliphatic heterocycles. The van der Waals surface area contributed by atoms with E-state index in [0.717, 1.165) is 0 Å². The molecule has 0 aliphatic carbocycles. The Morgan fingerprint density at radius 1 is 1.75 bits per heavy atom. The molecular weight excluding hydrogens is 160 g/mol. The molecule has 1 fully saturated rings. The number of carbonyl (C=O) groups excluding carboxylic acids is 2. The highest BCUT2D eigenvalue weighted by molar-refractivity contribution is 5.91. The lowest BCUT2D eigenvalue weighted by Crippen LogP contribution is -2.19. The predicted molar refractivity (Wildman–Crippen MR) is 40.3 cm³/mol. The lowest BCUT2D eigenvalue weighted by molar-refractivity contribution is -0.145. The van der Waals surface area contributed by atoms with Crippen molar-refractivity contribution >= 4 is 11.8 Å². The minimum absolute atomic E-state index is 0.0128. The predicted octanol–water partition coefficient (Wildman–Crippen LogP) is 0.421. The van der Waals surface area contributed by atoms with Gasteiger partial charge >= 0.3 is 5.97 Å². The molecule has 0 bridgehead atoms. The summed E-state index contributed by atoms with van der Waals surface area (Å²) in [6, 6.07) is 0. The van der Waals surface area contributed by atoms with Crippen molar-refractivity contribution in [1.82, 2.24) is 0 Å². The molecule has 1 aliphatic rings. The van der Waals surface area contributed by atoms with Gasteiger partial charge in [0, 0.05) is 13.3 Å². The van der Waals surface area contributed by atoms with Crippen LogP contribution in [0.4, 0.5) is 0 Å². The number of esters is 1. The number of cyclic esters (lactones) is 1. The van der Waals surface area contributed by atoms with E-state index in [9.17, 15) is 9.59 Å². The molecule has 0 spiro atoms. The van der Waals surface area contributed by atoms with E-state index in [-0.39, 0.29) is 11.5 Å². The number of carbonyl (C=O) groups is 2. The molecule has 0 N–H and O–H groups in total. The van der Waals surface area contributed by atoms with Crippen molar-refractivity contribution in [2.45, 2.75) is 19.4 Å². The topological polar surface area (TPSA) is 52.6 Å². The van der Waals surface area contributed by atoms with Crippen LogP contribution in [0.1, 0.15) is 13.3 Å². The summed E-state index contributed by atoms with van der Waals surface area (Å²) in [5.41, 5.74) is 0. The molecule has 0 aromatic heterocycles. The Labute approximate surface area is 70.1 Å². The van der Waals surface area contributed by atoms with E-state index in [1.54, 1.807) is 0 Å². The second-order valence-electron chi connectivity index (χ2n) is 2.54. The summed E-state index contributed by atoms with van der Waals surface area (Å²) < 4.78 is 9.60. The van der Waals surface area contributed by atoms with Gasteiger partial charge < -0.3 is 9.47 Å². The Morgan fingerprint density at radius 3 is 2.83 bits per heavy atom. The Bertz CT molecular complexity index is 231. The van der Waals surface area contributed by atoms with Gasteiger partial charge in [0.25, 0.3) is 0 Å². The van der Waals surface area contributed by atoms with Crippen LogP contribution in [-0.4, -0.2) is 24.5 Å². The zero-order chi connectivity index (χ0) is 9.14. The quantitative estimate of drug-likeness (QED) is 0.350. The van der Waals surface area contributed by atoms with Crippen molar-refractivity contribution in [2.24, 2.45) is 0 Å². The van der Waals surface area contributed by atoms with Crippen molar-refractivity contribution < 1.29 is 19.1 Å². The van der Waals surface area contributed by atoms with Crippen molar-refractivity contribution in [3.8, 4) is 0 Å². The van der Waals surface area contributed by atoms with Crippen molar-refractivity contribution in [3.05, 3.63) is 12.3 Å². The number of hydrogen-bond acceptors (Lipinski definition) is 4. The molecule has 1 atom stereocenters. The van der Waals surface area contributed by atoms with E-state index >= 15 is 0 Å². The van der Waals surface area contributed by atoms with E-state index in [1.807, 2.05) is 0 Å². The number of Topliss-reactive ketones (excluding diaryl/α,β-unsaturated/α-hetero) is 1. The number of hydrogen-bond donors (Lipinski definition) is 0. The number of ketones is 1. The number of rotatable bonds is 3. The van der Waals surface area contributed by atoms with Crippen LogP contribution in [0.2, 0.25) is 0 Å². The van der Waals surface area contributed by atoms with Crippen LogP contribution < -0.4 is 0 Å². The molecule has 0 amide bonds. The van der Waals surface area contributed by atoms with Gasteiger partial charge in [0.05, 0.1) is 6.61 Å². The van der Waals surface area contributed by atoms with Gasteiger partial charge in [-0.05, 0) is 0 Å². The summed E-state index contributed by atoms with van der Waals surface area (Å²) in [4.78, 5) is 21.5. The normalized spacial score (nSPS) is 21.8. The molecule has 4 nitrogen and oxygen atoms in total. The minimum Gasteiger partial charge on any atom is -0.475 e. The molecule has 1 unspecified atom stereocenters. The highest BCUT2D eigenvalue weighted by Crippen LogP contribution is 2.13. The summed E-state index contributed by atoms with van der Waals surface area (Å²) in [6.45, 7) is 5.06. The molecule has 1 heterocycles. The average Bonchev–Trinajstić information content (AvgIpc) is 2.36. The third-order valence-corrected chi connectivity index (χ3v) is 1.56. The largest absolute Gasteiger partial charge is 0.475 e. The lowest BCUT2D eigenvalue weighted by atomic mass is 10.3. The van der Waals surface area contributed by atoms with Crippen LogP contribution in [0, 0.1) is 0 Å². The van der Waals surface area contributed by atoms with E-state index in [0.29, 0.717) is 13.0 Å². The van der Waals surface area contributed by atoms with Gasteiger partial charge in [-0.3, -0.25) is 4.79 Å². The smallest absolute Gasteiger partial charge is 0.347 e. The fourth-order valence-electron chi connectivity index (χ4n) is 0.839. The lowest BCUT2D eigenvalue weighted by Gasteiger charge is -2.08. The van der Waals surface area contributed by atoms with Crippen LogP contribution in [0.5, 0.6) is 0 Å². The molecule has 1 rings (SSSR count). The zero-order valence-corrected chi connectivity index (χ0v) is 6.83. The molecular formula is C8H10O4. The monoisotopic (exact) mass is 170 g/mol. The number of ether oxygens (including phenoxy) is 2. The summed E-state index contributed by atoms with van der Waals surface area (Å²) in [5.74, 6) is -0.675. The van der Waals surface area contributed by atoms with Gasteiger partial charge in [-0.15, -0.1) is 0 Å². The molecule has 12 heavy (non-hydrogen) atoms. The molecule has 0 radical (unpaired) electrons. The van der Waals surface area contributed by atoms with Gasteiger partial charge in [-0.2, -0.15) is 0 Å². The molecule has 1 saturated heterocycles. The Hall–Kier alpha value is -1.32. The first-order valence-corrected chi connectivity index (χ1v) is 3.64. The number of allylic oxidation sites excluding steroid dienone is 1. The zero-order valence-electron chi connectivity index (χ0n) is 6.83. The summed E-state index contributed by atoms with van der Waals surface area (Å²) in [7, 11) is 0. The van der Waals surface area contributed by atoms with Crippen molar-refractivity contribution in [1.29, 1.82) is 0 Å². The Kier molecular flexibility index (Phi) is 2.47. The average molecular weight is 170 g/mol. The maximum absolute atomic E-state index is 10.8. The van der Waals surface area contributed by atoms with Crippen LogP contribution in [0.15, 0.2) is 12.3 Å². The first-order valence-electron chi connectivity index (χ1n) is 3.64. The minimum atomic E-state index is -0.638. The van der Waals surface area contributed by atoms with E-state index in [1.165, 1.54) is 6.92 Å². The summed E-state index contributed by atoms with van der Waals surface area (Å²) in [6.07, 6.45) is -0.146. The summed E-state index contributed by atoms with van der Waals surface area (Å²) in [5, 5.41) is 0. The van der Waals surface area contributed by atoms with Gasteiger partial charge in [0.1, 0.15) is 0 Å². The standard InChI is InChI=1S/C8H10O4/c1-5(9)6(2)12-7-3-4-11-8(7)10/h7H,2-4H2,1H3. The van der Waals surface area contributed by atoms with Crippen molar-refractivity contribution in [3.63, 3.8) is 0 Å².